The van der Waals surface area contributed by atoms with Crippen LogP contribution < -0.4 is 0 Å². The lowest BCUT2D eigenvalue weighted by Gasteiger charge is -2.55. The lowest BCUT2D eigenvalue weighted by molar-refractivity contribution is -0.153. The number of rotatable bonds is 4. The SMILES string of the molecule is CCN1CCC(N(C(=O)C2C3CC4CC(C3)CC2C4)C2CC2)CC1. The number of hydrogen-bond acceptors (Lipinski definition) is 2. The van der Waals surface area contributed by atoms with Crippen molar-refractivity contribution in [2.45, 2.75) is 76.8 Å². The number of nitrogens with zero attached hydrogens (tertiary/aromatic N) is 2. The van der Waals surface area contributed by atoms with Gasteiger partial charge in [0.15, 0.2) is 0 Å². The molecule has 0 unspecified atom stereocenters. The van der Waals surface area contributed by atoms with Crippen molar-refractivity contribution in [1.29, 1.82) is 0 Å². The second-order valence-electron chi connectivity index (χ2n) is 9.60. The molecule has 1 aliphatic heterocycles. The lowest BCUT2D eigenvalue weighted by atomic mass is 9.51. The van der Waals surface area contributed by atoms with Crippen LogP contribution in [0.25, 0.3) is 0 Å². The number of hydrogen-bond donors (Lipinski definition) is 0. The van der Waals surface area contributed by atoms with Gasteiger partial charge in [-0.05, 0) is 88.0 Å². The van der Waals surface area contributed by atoms with Crippen molar-refractivity contribution in [2.75, 3.05) is 19.6 Å². The normalized spacial score (nSPS) is 42.5. The van der Waals surface area contributed by atoms with Gasteiger partial charge in [-0.25, -0.2) is 0 Å². The highest BCUT2D eigenvalue weighted by Crippen LogP contribution is 2.57. The van der Waals surface area contributed by atoms with Gasteiger partial charge in [-0.3, -0.25) is 4.79 Å². The maximum atomic E-state index is 13.7. The molecule has 1 heterocycles. The van der Waals surface area contributed by atoms with Crippen LogP contribution in [0.4, 0.5) is 0 Å². The first-order valence-electron chi connectivity index (χ1n) is 10.8. The summed E-state index contributed by atoms with van der Waals surface area (Å²) in [5.74, 6) is 4.43. The summed E-state index contributed by atoms with van der Waals surface area (Å²) >= 11 is 0. The third-order valence-electron chi connectivity index (χ3n) is 8.10. The smallest absolute Gasteiger partial charge is 0.226 e. The summed E-state index contributed by atoms with van der Waals surface area (Å²) in [6.45, 7) is 5.82. The second-order valence-corrected chi connectivity index (χ2v) is 9.60. The van der Waals surface area contributed by atoms with E-state index in [1.165, 1.54) is 77.4 Å². The van der Waals surface area contributed by atoms with Gasteiger partial charge in [0.05, 0.1) is 0 Å². The molecule has 5 aliphatic carbocycles. The van der Waals surface area contributed by atoms with E-state index in [-0.39, 0.29) is 0 Å². The van der Waals surface area contributed by atoms with Gasteiger partial charge in [-0.1, -0.05) is 6.92 Å². The number of carbonyl (C=O) groups excluding carboxylic acids is 1. The minimum absolute atomic E-state index is 0.405. The predicted octanol–water partition coefficient (Wildman–Crippen LogP) is 3.53. The summed E-state index contributed by atoms with van der Waals surface area (Å²) in [7, 11) is 0. The average molecular weight is 331 g/mol. The van der Waals surface area contributed by atoms with Gasteiger partial charge in [0.25, 0.3) is 0 Å². The molecular formula is C21H34N2O. The van der Waals surface area contributed by atoms with Crippen LogP contribution in [0.5, 0.6) is 0 Å². The summed E-state index contributed by atoms with van der Waals surface area (Å²) in [6.07, 6.45) is 11.9. The zero-order chi connectivity index (χ0) is 16.3. The fourth-order valence-electron chi connectivity index (χ4n) is 7.03. The van der Waals surface area contributed by atoms with Crippen LogP contribution in [0.3, 0.4) is 0 Å². The van der Waals surface area contributed by atoms with Crippen LogP contribution in [-0.4, -0.2) is 47.4 Å². The minimum atomic E-state index is 0.405. The minimum Gasteiger partial charge on any atom is -0.336 e. The molecule has 0 aromatic carbocycles. The van der Waals surface area contributed by atoms with Crippen molar-refractivity contribution in [3.05, 3.63) is 0 Å². The number of piperidine rings is 1. The Kier molecular flexibility index (Phi) is 3.92. The van der Waals surface area contributed by atoms with Gasteiger partial charge in [0.2, 0.25) is 5.91 Å². The fraction of sp³-hybridized carbons (Fsp3) is 0.952. The Morgan fingerprint density at radius 1 is 0.875 bits per heavy atom. The molecule has 1 saturated heterocycles. The molecule has 4 bridgehead atoms. The maximum absolute atomic E-state index is 13.7. The van der Waals surface area contributed by atoms with Crippen LogP contribution in [0, 0.1) is 29.6 Å². The van der Waals surface area contributed by atoms with Crippen molar-refractivity contribution < 1.29 is 4.79 Å². The van der Waals surface area contributed by atoms with Crippen molar-refractivity contribution in [3.63, 3.8) is 0 Å². The highest BCUT2D eigenvalue weighted by molar-refractivity contribution is 5.81. The highest BCUT2D eigenvalue weighted by atomic mass is 16.2. The molecule has 0 spiro atoms. The van der Waals surface area contributed by atoms with E-state index >= 15 is 0 Å². The molecule has 6 fully saturated rings. The Morgan fingerprint density at radius 2 is 1.42 bits per heavy atom. The first-order chi connectivity index (χ1) is 11.7. The molecule has 0 aromatic rings. The molecular weight excluding hydrogens is 296 g/mol. The lowest BCUT2D eigenvalue weighted by Crippen LogP contribution is -2.56. The molecule has 6 aliphatic rings. The Labute approximate surface area is 147 Å². The van der Waals surface area contributed by atoms with Gasteiger partial charge in [-0.2, -0.15) is 0 Å². The van der Waals surface area contributed by atoms with E-state index < -0.39 is 0 Å². The quantitative estimate of drug-likeness (QED) is 0.787. The zero-order valence-corrected chi connectivity index (χ0v) is 15.3. The summed E-state index contributed by atoms with van der Waals surface area (Å²) in [6, 6.07) is 1.15. The van der Waals surface area contributed by atoms with Crippen molar-refractivity contribution in [2.24, 2.45) is 29.6 Å². The van der Waals surface area contributed by atoms with E-state index in [4.69, 9.17) is 0 Å². The molecule has 0 atom stereocenters. The number of likely N-dealkylation sites (tertiary alicyclic amines) is 1. The molecule has 3 heteroatoms. The summed E-state index contributed by atoms with van der Waals surface area (Å²) in [5, 5.41) is 0. The summed E-state index contributed by atoms with van der Waals surface area (Å²) < 4.78 is 0. The Bertz CT molecular complexity index is 464. The maximum Gasteiger partial charge on any atom is 0.226 e. The zero-order valence-electron chi connectivity index (χ0n) is 15.3. The Morgan fingerprint density at radius 3 is 1.92 bits per heavy atom. The predicted molar refractivity (Wildman–Crippen MR) is 95.5 cm³/mol. The largest absolute Gasteiger partial charge is 0.336 e. The molecule has 0 N–H and O–H groups in total. The van der Waals surface area contributed by atoms with E-state index in [0.29, 0.717) is 23.9 Å². The van der Waals surface area contributed by atoms with Crippen molar-refractivity contribution in [3.8, 4) is 0 Å². The molecule has 134 valence electrons. The van der Waals surface area contributed by atoms with Crippen LogP contribution in [0.15, 0.2) is 0 Å². The average Bonchev–Trinajstić information content (AvgIpc) is 3.39. The molecule has 24 heavy (non-hydrogen) atoms. The third-order valence-corrected chi connectivity index (χ3v) is 8.10. The second kappa shape index (κ2) is 6.00. The molecule has 5 saturated carbocycles. The molecule has 6 rings (SSSR count). The Hall–Kier alpha value is -0.570. The van der Waals surface area contributed by atoms with Gasteiger partial charge >= 0.3 is 0 Å². The van der Waals surface area contributed by atoms with Crippen molar-refractivity contribution >= 4 is 5.91 Å². The molecule has 1 amide bonds. The number of amides is 1. The van der Waals surface area contributed by atoms with Crippen LogP contribution >= 0.6 is 0 Å². The van der Waals surface area contributed by atoms with Gasteiger partial charge in [0, 0.05) is 31.1 Å². The van der Waals surface area contributed by atoms with Crippen LogP contribution in [-0.2, 0) is 4.79 Å². The monoisotopic (exact) mass is 330 g/mol. The topological polar surface area (TPSA) is 23.6 Å². The summed E-state index contributed by atoms with van der Waals surface area (Å²) in [5.41, 5.74) is 0. The van der Waals surface area contributed by atoms with E-state index in [1.54, 1.807) is 0 Å². The number of carbonyl (C=O) groups is 1. The fourth-order valence-corrected chi connectivity index (χ4v) is 7.03. The highest BCUT2D eigenvalue weighted by Gasteiger charge is 2.53. The van der Waals surface area contributed by atoms with Gasteiger partial charge in [-0.15, -0.1) is 0 Å². The van der Waals surface area contributed by atoms with E-state index in [2.05, 4.69) is 16.7 Å². The van der Waals surface area contributed by atoms with E-state index in [9.17, 15) is 4.79 Å². The van der Waals surface area contributed by atoms with Crippen LogP contribution in [0.1, 0.15) is 64.7 Å². The molecule has 0 radical (unpaired) electrons. The van der Waals surface area contributed by atoms with Crippen molar-refractivity contribution in [1.82, 2.24) is 9.80 Å². The van der Waals surface area contributed by atoms with Crippen LogP contribution in [0.2, 0.25) is 0 Å². The van der Waals surface area contributed by atoms with Gasteiger partial charge < -0.3 is 9.80 Å². The first kappa shape index (κ1) is 15.7. The Balaban J connectivity index is 1.32. The first-order valence-corrected chi connectivity index (χ1v) is 10.8. The van der Waals surface area contributed by atoms with E-state index in [0.717, 1.165) is 23.7 Å². The van der Waals surface area contributed by atoms with E-state index in [1.807, 2.05) is 0 Å². The van der Waals surface area contributed by atoms with Gasteiger partial charge in [0.1, 0.15) is 0 Å². The summed E-state index contributed by atoms with van der Waals surface area (Å²) in [4.78, 5) is 18.7. The molecule has 0 aromatic heterocycles. The standard InChI is InChI=1S/C21H34N2O/c1-2-22-7-5-19(6-8-22)23(18-3-4-18)21(24)20-16-10-14-9-15(12-16)13-17(20)11-14/h14-20H,2-13H2,1H3. The third kappa shape index (κ3) is 2.62. The molecule has 3 nitrogen and oxygen atoms in total.